The molecular formula is C12H24N4O. The third-order valence-electron chi connectivity index (χ3n) is 2.82. The number of rotatable bonds is 7. The molecule has 1 aromatic heterocycles. The van der Waals surface area contributed by atoms with Gasteiger partial charge >= 0.3 is 0 Å². The van der Waals surface area contributed by atoms with Gasteiger partial charge in [0.1, 0.15) is 5.82 Å². The monoisotopic (exact) mass is 240 g/mol. The van der Waals surface area contributed by atoms with Crippen molar-refractivity contribution in [2.24, 2.45) is 7.05 Å². The summed E-state index contributed by atoms with van der Waals surface area (Å²) in [6.07, 6.45) is 2.99. The van der Waals surface area contributed by atoms with Gasteiger partial charge in [0.25, 0.3) is 0 Å². The minimum Gasteiger partial charge on any atom is -0.394 e. The Hall–Kier alpha value is -1.23. The third kappa shape index (κ3) is 3.36. The van der Waals surface area contributed by atoms with E-state index in [1.54, 1.807) is 7.11 Å². The van der Waals surface area contributed by atoms with Crippen LogP contribution in [0, 0.1) is 0 Å². The Morgan fingerprint density at radius 3 is 2.76 bits per heavy atom. The summed E-state index contributed by atoms with van der Waals surface area (Å²) in [7, 11) is 5.70. The first-order chi connectivity index (χ1) is 8.11. The zero-order chi connectivity index (χ0) is 12.8. The maximum Gasteiger partial charge on any atom is 0.150 e. The van der Waals surface area contributed by atoms with E-state index in [1.165, 1.54) is 0 Å². The zero-order valence-corrected chi connectivity index (χ0v) is 11.4. The van der Waals surface area contributed by atoms with E-state index in [0.29, 0.717) is 0 Å². The first-order valence-corrected chi connectivity index (χ1v) is 6.13. The van der Waals surface area contributed by atoms with Crippen molar-refractivity contribution in [3.63, 3.8) is 0 Å². The van der Waals surface area contributed by atoms with Crippen molar-refractivity contribution in [3.8, 4) is 0 Å². The highest BCUT2D eigenvalue weighted by Gasteiger charge is 2.15. The van der Waals surface area contributed by atoms with E-state index in [4.69, 9.17) is 10.5 Å². The van der Waals surface area contributed by atoms with Gasteiger partial charge in [0.2, 0.25) is 0 Å². The van der Waals surface area contributed by atoms with Crippen LogP contribution in [0.3, 0.4) is 0 Å². The molecule has 0 radical (unpaired) electrons. The molecule has 5 heteroatoms. The summed E-state index contributed by atoms with van der Waals surface area (Å²) in [5.41, 5.74) is 7.96. The second kappa shape index (κ2) is 6.49. The van der Waals surface area contributed by atoms with Crippen LogP contribution in [0.25, 0.3) is 0 Å². The normalized spacial score (nSPS) is 10.8. The Kier molecular flexibility index (Phi) is 5.28. The van der Waals surface area contributed by atoms with Gasteiger partial charge in [-0.3, -0.25) is 4.68 Å². The van der Waals surface area contributed by atoms with Crippen LogP contribution in [0.1, 0.15) is 25.5 Å². The number of ether oxygens (including phenoxy) is 1. The number of nitrogens with two attached hydrogens (primary N) is 1. The van der Waals surface area contributed by atoms with E-state index in [-0.39, 0.29) is 0 Å². The molecule has 0 amide bonds. The van der Waals surface area contributed by atoms with Crippen molar-refractivity contribution in [2.75, 3.05) is 37.9 Å². The van der Waals surface area contributed by atoms with E-state index in [1.807, 2.05) is 18.8 Å². The molecule has 0 aliphatic carbocycles. The lowest BCUT2D eigenvalue weighted by molar-refractivity contribution is 0.196. The second-order valence-corrected chi connectivity index (χ2v) is 4.33. The van der Waals surface area contributed by atoms with Crippen molar-refractivity contribution < 1.29 is 4.74 Å². The highest BCUT2D eigenvalue weighted by Crippen LogP contribution is 2.26. The molecular weight excluding hydrogens is 216 g/mol. The molecule has 0 aliphatic rings. The van der Waals surface area contributed by atoms with E-state index in [0.717, 1.165) is 49.6 Å². The van der Waals surface area contributed by atoms with E-state index >= 15 is 0 Å². The third-order valence-corrected chi connectivity index (χ3v) is 2.82. The molecule has 1 heterocycles. The van der Waals surface area contributed by atoms with Crippen LogP contribution in [0.4, 0.5) is 11.5 Å². The van der Waals surface area contributed by atoms with Crippen molar-refractivity contribution in [3.05, 3.63) is 5.69 Å². The van der Waals surface area contributed by atoms with Crippen LogP contribution in [0.5, 0.6) is 0 Å². The SMILES string of the molecule is CCCc1nn(C)c(N(C)CCCOC)c1N. The molecule has 0 saturated carbocycles. The Labute approximate surface area is 104 Å². The summed E-state index contributed by atoms with van der Waals surface area (Å²) in [5.74, 6) is 1.00. The Bertz CT molecular complexity index is 349. The lowest BCUT2D eigenvalue weighted by Crippen LogP contribution is -2.23. The topological polar surface area (TPSA) is 56.3 Å². The standard InChI is InChI=1S/C12H24N4O/c1-5-7-10-11(13)12(16(3)14-10)15(2)8-6-9-17-4/h5-9,13H2,1-4H3. The summed E-state index contributed by atoms with van der Waals surface area (Å²) in [5, 5.41) is 4.47. The molecule has 0 fully saturated rings. The molecule has 1 aromatic rings. The summed E-state index contributed by atoms with van der Waals surface area (Å²) < 4.78 is 6.92. The Balaban J connectivity index is 2.74. The molecule has 0 saturated heterocycles. The predicted molar refractivity (Wildman–Crippen MR) is 71.4 cm³/mol. The summed E-state index contributed by atoms with van der Waals surface area (Å²) in [4.78, 5) is 2.14. The van der Waals surface area contributed by atoms with Crippen LogP contribution >= 0.6 is 0 Å². The number of aromatic nitrogens is 2. The molecule has 0 unspecified atom stereocenters. The van der Waals surface area contributed by atoms with E-state index in [9.17, 15) is 0 Å². The number of nitrogen functional groups attached to an aromatic ring is 1. The van der Waals surface area contributed by atoms with Gasteiger partial charge in [-0.2, -0.15) is 5.10 Å². The maximum absolute atomic E-state index is 6.14. The fourth-order valence-corrected chi connectivity index (χ4v) is 2.01. The summed E-state index contributed by atoms with van der Waals surface area (Å²) >= 11 is 0. The number of anilines is 2. The molecule has 17 heavy (non-hydrogen) atoms. The molecule has 2 N–H and O–H groups in total. The fourth-order valence-electron chi connectivity index (χ4n) is 2.01. The average molecular weight is 240 g/mol. The van der Waals surface area contributed by atoms with Gasteiger partial charge in [0.05, 0.1) is 11.4 Å². The second-order valence-electron chi connectivity index (χ2n) is 4.33. The molecule has 1 rings (SSSR count). The van der Waals surface area contributed by atoms with Gasteiger partial charge in [0.15, 0.2) is 0 Å². The van der Waals surface area contributed by atoms with Gasteiger partial charge in [-0.1, -0.05) is 13.3 Å². The van der Waals surface area contributed by atoms with Gasteiger partial charge in [-0.05, 0) is 12.8 Å². The number of aryl methyl sites for hydroxylation is 2. The van der Waals surface area contributed by atoms with Crippen LogP contribution in [-0.4, -0.2) is 37.1 Å². The average Bonchev–Trinajstić information content (AvgIpc) is 2.55. The maximum atomic E-state index is 6.14. The number of hydrogen-bond donors (Lipinski definition) is 1. The quantitative estimate of drug-likeness (QED) is 0.732. The summed E-state index contributed by atoms with van der Waals surface area (Å²) in [6, 6.07) is 0. The van der Waals surface area contributed by atoms with Crippen LogP contribution in [0.15, 0.2) is 0 Å². The minimum absolute atomic E-state index is 0.768. The van der Waals surface area contributed by atoms with Crippen LogP contribution in [-0.2, 0) is 18.2 Å². The first-order valence-electron chi connectivity index (χ1n) is 6.13. The molecule has 0 aromatic carbocycles. The Morgan fingerprint density at radius 2 is 2.18 bits per heavy atom. The molecule has 0 aliphatic heterocycles. The molecule has 5 nitrogen and oxygen atoms in total. The lowest BCUT2D eigenvalue weighted by atomic mass is 10.2. The molecule has 98 valence electrons. The lowest BCUT2D eigenvalue weighted by Gasteiger charge is -2.19. The molecule has 0 bridgehead atoms. The summed E-state index contributed by atoms with van der Waals surface area (Å²) in [6.45, 7) is 3.82. The van der Waals surface area contributed by atoms with Gasteiger partial charge in [0, 0.05) is 34.4 Å². The fraction of sp³-hybridized carbons (Fsp3) is 0.750. The van der Waals surface area contributed by atoms with Crippen molar-refractivity contribution in [1.29, 1.82) is 0 Å². The smallest absolute Gasteiger partial charge is 0.150 e. The van der Waals surface area contributed by atoms with Crippen LogP contribution in [0.2, 0.25) is 0 Å². The predicted octanol–water partition coefficient (Wildman–Crippen LogP) is 1.43. The van der Waals surface area contributed by atoms with Gasteiger partial charge < -0.3 is 15.4 Å². The van der Waals surface area contributed by atoms with Crippen LogP contribution < -0.4 is 10.6 Å². The van der Waals surface area contributed by atoms with Gasteiger partial charge in [-0.15, -0.1) is 0 Å². The Morgan fingerprint density at radius 1 is 1.47 bits per heavy atom. The largest absolute Gasteiger partial charge is 0.394 e. The molecule has 0 atom stereocenters. The highest BCUT2D eigenvalue weighted by molar-refractivity contribution is 5.66. The highest BCUT2D eigenvalue weighted by atomic mass is 16.5. The van der Waals surface area contributed by atoms with Crippen molar-refractivity contribution in [2.45, 2.75) is 26.2 Å². The minimum atomic E-state index is 0.768. The number of methoxy groups -OCH3 is 1. The first kappa shape index (κ1) is 13.8. The number of hydrogen-bond acceptors (Lipinski definition) is 4. The van der Waals surface area contributed by atoms with Gasteiger partial charge in [-0.25, -0.2) is 0 Å². The zero-order valence-electron chi connectivity index (χ0n) is 11.4. The van der Waals surface area contributed by atoms with Crippen molar-refractivity contribution in [1.82, 2.24) is 9.78 Å². The molecule has 0 spiro atoms. The van der Waals surface area contributed by atoms with E-state index < -0.39 is 0 Å². The number of nitrogens with zero attached hydrogens (tertiary/aromatic N) is 3. The van der Waals surface area contributed by atoms with Crippen molar-refractivity contribution >= 4 is 11.5 Å². The van der Waals surface area contributed by atoms with E-state index in [2.05, 4.69) is 16.9 Å².